The highest BCUT2D eigenvalue weighted by Gasteiger charge is 2.28. The number of rotatable bonds is 5. The molecular formula is C20H24N2O3. The van der Waals surface area contributed by atoms with Crippen molar-refractivity contribution in [2.45, 2.75) is 32.7 Å². The maximum absolute atomic E-state index is 12.4. The van der Waals surface area contributed by atoms with Crippen LogP contribution in [-0.2, 0) is 17.8 Å². The van der Waals surface area contributed by atoms with Crippen LogP contribution in [0.25, 0.3) is 0 Å². The average molecular weight is 340 g/mol. The molecule has 132 valence electrons. The summed E-state index contributed by atoms with van der Waals surface area (Å²) in [5, 5.41) is 2.99. The molecule has 3 rings (SSSR count). The molecule has 1 N–H and O–H groups in total. The maximum Gasteiger partial charge on any atom is 0.289 e. The fourth-order valence-electron chi connectivity index (χ4n) is 3.11. The lowest BCUT2D eigenvalue weighted by atomic mass is 9.95. The van der Waals surface area contributed by atoms with Crippen molar-refractivity contribution in [2.24, 2.45) is 5.92 Å². The summed E-state index contributed by atoms with van der Waals surface area (Å²) in [5.41, 5.74) is 1.09. The topological polar surface area (TPSA) is 62.6 Å². The molecule has 1 saturated heterocycles. The molecule has 25 heavy (non-hydrogen) atoms. The number of benzene rings is 1. The Morgan fingerprint density at radius 1 is 1.12 bits per heavy atom. The van der Waals surface area contributed by atoms with Crippen molar-refractivity contribution in [3.05, 3.63) is 59.5 Å². The zero-order valence-electron chi connectivity index (χ0n) is 14.5. The number of likely N-dealkylation sites (tertiary alicyclic amines) is 1. The predicted octanol–water partition coefficient (Wildman–Crippen LogP) is 3.01. The van der Waals surface area contributed by atoms with E-state index in [-0.39, 0.29) is 17.7 Å². The van der Waals surface area contributed by atoms with E-state index in [9.17, 15) is 9.59 Å². The Hall–Kier alpha value is -2.56. The number of hydrogen-bond donors (Lipinski definition) is 1. The Morgan fingerprint density at radius 3 is 2.48 bits per heavy atom. The highest BCUT2D eigenvalue weighted by Crippen LogP contribution is 2.20. The van der Waals surface area contributed by atoms with Gasteiger partial charge >= 0.3 is 0 Å². The molecular weight excluding hydrogens is 316 g/mol. The van der Waals surface area contributed by atoms with Crippen molar-refractivity contribution < 1.29 is 14.0 Å². The Balaban J connectivity index is 1.47. The van der Waals surface area contributed by atoms with E-state index >= 15 is 0 Å². The fourth-order valence-corrected chi connectivity index (χ4v) is 3.11. The van der Waals surface area contributed by atoms with Crippen LogP contribution < -0.4 is 5.32 Å². The monoisotopic (exact) mass is 340 g/mol. The summed E-state index contributed by atoms with van der Waals surface area (Å²) in [7, 11) is 0. The number of amides is 2. The molecule has 1 aromatic carbocycles. The molecule has 1 aromatic heterocycles. The zero-order valence-corrected chi connectivity index (χ0v) is 14.5. The van der Waals surface area contributed by atoms with Gasteiger partial charge in [0.15, 0.2) is 5.76 Å². The van der Waals surface area contributed by atoms with Crippen molar-refractivity contribution in [2.75, 3.05) is 13.1 Å². The third-order valence-electron chi connectivity index (χ3n) is 4.68. The van der Waals surface area contributed by atoms with Gasteiger partial charge in [-0.05, 0) is 30.5 Å². The zero-order chi connectivity index (χ0) is 17.6. The lowest BCUT2D eigenvalue weighted by Crippen LogP contribution is -2.42. The van der Waals surface area contributed by atoms with Crippen LogP contribution >= 0.6 is 0 Å². The first-order chi connectivity index (χ1) is 12.2. The normalized spacial score (nSPS) is 15.2. The number of carbonyl (C=O) groups excluding carboxylic acids is 2. The molecule has 0 spiro atoms. The van der Waals surface area contributed by atoms with Gasteiger partial charge in [-0.3, -0.25) is 9.59 Å². The van der Waals surface area contributed by atoms with E-state index in [1.807, 2.05) is 43.3 Å². The standard InChI is InChI=1S/C20H24N2O3/c1-2-17-8-9-18(25-17)20(24)22-12-10-16(11-13-22)19(23)21-14-15-6-4-3-5-7-15/h3-9,16H,2,10-14H2,1H3,(H,21,23). The Labute approximate surface area is 148 Å². The third-order valence-corrected chi connectivity index (χ3v) is 4.68. The Bertz CT molecular complexity index is 716. The predicted molar refractivity (Wildman–Crippen MR) is 95.0 cm³/mol. The van der Waals surface area contributed by atoms with Crippen LogP contribution in [0.15, 0.2) is 46.9 Å². The lowest BCUT2D eigenvalue weighted by molar-refractivity contribution is -0.126. The first-order valence-corrected chi connectivity index (χ1v) is 8.87. The van der Waals surface area contributed by atoms with Gasteiger partial charge < -0.3 is 14.6 Å². The SMILES string of the molecule is CCc1ccc(C(=O)N2CCC(C(=O)NCc3ccccc3)CC2)o1. The third kappa shape index (κ3) is 4.29. The van der Waals surface area contributed by atoms with Gasteiger partial charge in [0, 0.05) is 32.0 Å². The summed E-state index contributed by atoms with van der Waals surface area (Å²) < 4.78 is 5.54. The molecule has 0 bridgehead atoms. The molecule has 1 aliphatic heterocycles. The number of furan rings is 1. The van der Waals surface area contributed by atoms with Crippen molar-refractivity contribution >= 4 is 11.8 Å². The van der Waals surface area contributed by atoms with Crippen LogP contribution in [0.5, 0.6) is 0 Å². The molecule has 0 atom stereocenters. The minimum atomic E-state index is -0.0807. The molecule has 1 aliphatic rings. The van der Waals surface area contributed by atoms with Crippen LogP contribution in [0.4, 0.5) is 0 Å². The Kier molecular flexibility index (Phi) is 5.53. The smallest absolute Gasteiger partial charge is 0.289 e. The van der Waals surface area contributed by atoms with Gasteiger partial charge in [0.2, 0.25) is 5.91 Å². The molecule has 5 heteroatoms. The van der Waals surface area contributed by atoms with Crippen LogP contribution in [0.3, 0.4) is 0 Å². The second-order valence-corrected chi connectivity index (χ2v) is 6.39. The summed E-state index contributed by atoms with van der Waals surface area (Å²) >= 11 is 0. The van der Waals surface area contributed by atoms with Crippen LogP contribution in [-0.4, -0.2) is 29.8 Å². The Morgan fingerprint density at radius 2 is 1.84 bits per heavy atom. The lowest BCUT2D eigenvalue weighted by Gasteiger charge is -2.30. The quantitative estimate of drug-likeness (QED) is 0.910. The van der Waals surface area contributed by atoms with Gasteiger partial charge in [-0.1, -0.05) is 37.3 Å². The number of nitrogens with zero attached hydrogens (tertiary/aromatic N) is 1. The van der Waals surface area contributed by atoms with E-state index in [0.717, 1.165) is 17.7 Å². The molecule has 0 aliphatic carbocycles. The maximum atomic E-state index is 12.4. The molecule has 0 radical (unpaired) electrons. The molecule has 0 unspecified atom stereocenters. The minimum Gasteiger partial charge on any atom is -0.456 e. The highest BCUT2D eigenvalue weighted by atomic mass is 16.4. The van der Waals surface area contributed by atoms with Crippen LogP contribution in [0.2, 0.25) is 0 Å². The van der Waals surface area contributed by atoms with Crippen LogP contribution in [0.1, 0.15) is 41.6 Å². The van der Waals surface area contributed by atoms with Crippen LogP contribution in [0, 0.1) is 5.92 Å². The van der Waals surface area contributed by atoms with Crippen molar-refractivity contribution in [1.82, 2.24) is 10.2 Å². The first-order valence-electron chi connectivity index (χ1n) is 8.87. The first kappa shape index (κ1) is 17.3. The summed E-state index contributed by atoms with van der Waals surface area (Å²) in [4.78, 5) is 26.6. The molecule has 0 saturated carbocycles. The second-order valence-electron chi connectivity index (χ2n) is 6.39. The molecule has 2 aromatic rings. The average Bonchev–Trinajstić information content (AvgIpc) is 3.16. The van der Waals surface area contributed by atoms with Gasteiger partial charge in [0.25, 0.3) is 5.91 Å². The molecule has 2 heterocycles. The van der Waals surface area contributed by atoms with Gasteiger partial charge in [0.1, 0.15) is 5.76 Å². The number of carbonyl (C=O) groups is 2. The summed E-state index contributed by atoms with van der Waals surface area (Å²) in [6, 6.07) is 13.5. The van der Waals surface area contributed by atoms with E-state index in [1.165, 1.54) is 0 Å². The second kappa shape index (κ2) is 8.01. The van der Waals surface area contributed by atoms with E-state index in [0.29, 0.717) is 38.2 Å². The molecule has 2 amide bonds. The van der Waals surface area contributed by atoms with Gasteiger partial charge in [-0.25, -0.2) is 0 Å². The van der Waals surface area contributed by atoms with Crippen molar-refractivity contribution in [3.8, 4) is 0 Å². The van der Waals surface area contributed by atoms with Crippen molar-refractivity contribution in [3.63, 3.8) is 0 Å². The van der Waals surface area contributed by atoms with E-state index in [1.54, 1.807) is 11.0 Å². The van der Waals surface area contributed by atoms with Crippen molar-refractivity contribution in [1.29, 1.82) is 0 Å². The highest BCUT2D eigenvalue weighted by molar-refractivity contribution is 5.91. The minimum absolute atomic E-state index is 0.0319. The summed E-state index contributed by atoms with van der Waals surface area (Å²) in [6.07, 6.45) is 2.15. The van der Waals surface area contributed by atoms with E-state index < -0.39 is 0 Å². The molecule has 5 nitrogen and oxygen atoms in total. The number of aryl methyl sites for hydroxylation is 1. The van der Waals surface area contributed by atoms with Gasteiger partial charge in [-0.2, -0.15) is 0 Å². The van der Waals surface area contributed by atoms with Gasteiger partial charge in [0.05, 0.1) is 0 Å². The molecule has 1 fully saturated rings. The number of hydrogen-bond acceptors (Lipinski definition) is 3. The van der Waals surface area contributed by atoms with E-state index in [4.69, 9.17) is 4.42 Å². The number of nitrogens with one attached hydrogen (secondary N) is 1. The number of piperidine rings is 1. The fraction of sp³-hybridized carbons (Fsp3) is 0.400. The van der Waals surface area contributed by atoms with E-state index in [2.05, 4.69) is 5.32 Å². The van der Waals surface area contributed by atoms with Gasteiger partial charge in [-0.15, -0.1) is 0 Å². The largest absolute Gasteiger partial charge is 0.456 e. The summed E-state index contributed by atoms with van der Waals surface area (Å²) in [5.74, 6) is 1.17. The summed E-state index contributed by atoms with van der Waals surface area (Å²) in [6.45, 7) is 3.71.